The molecule has 3 fully saturated rings. The molecule has 5 nitrogen and oxygen atoms in total. The minimum Gasteiger partial charge on any atom is -0.497 e. The molecule has 188 valence electrons. The first-order valence-corrected chi connectivity index (χ1v) is 12.8. The molecular weight excluding hydrogens is 467 g/mol. The van der Waals surface area contributed by atoms with Crippen LogP contribution in [-0.4, -0.2) is 41.9 Å². The van der Waals surface area contributed by atoms with Gasteiger partial charge < -0.3 is 9.47 Å². The maximum absolute atomic E-state index is 16.7. The zero-order valence-corrected chi connectivity index (χ0v) is 20.8. The number of carbonyl (C=O) groups is 1. The SMILES string of the molecule is C=C[C@H]1C[N+]2(F)CC[C@H]1C[C@H]2[C@H](OC(=O)c1cccc2ccccc12)c1ccnc2ccc(OC)cc12. The predicted octanol–water partition coefficient (Wildman–Crippen LogP) is 6.59. The number of hydrogen-bond donors (Lipinski definition) is 0. The van der Waals surface area contributed by atoms with E-state index in [1.54, 1.807) is 19.4 Å². The molecule has 0 saturated carbocycles. The van der Waals surface area contributed by atoms with Gasteiger partial charge in [-0.05, 0) is 51.5 Å². The number of hydrogen-bond acceptors (Lipinski definition) is 4. The first-order chi connectivity index (χ1) is 18.0. The van der Waals surface area contributed by atoms with Gasteiger partial charge in [-0.15, -0.1) is 11.3 Å². The number of piperidine rings is 3. The van der Waals surface area contributed by atoms with E-state index < -0.39 is 22.8 Å². The topological polar surface area (TPSA) is 48.4 Å². The van der Waals surface area contributed by atoms with Gasteiger partial charge in [0.15, 0.2) is 12.1 Å². The monoisotopic (exact) mass is 497 g/mol. The Morgan fingerprint density at radius 2 is 1.97 bits per heavy atom. The zero-order chi connectivity index (χ0) is 25.6. The van der Waals surface area contributed by atoms with Crippen LogP contribution in [0.25, 0.3) is 21.7 Å². The number of benzene rings is 3. The predicted molar refractivity (Wildman–Crippen MR) is 142 cm³/mol. The summed E-state index contributed by atoms with van der Waals surface area (Å²) < 4.78 is 27.9. The van der Waals surface area contributed by atoms with E-state index in [-0.39, 0.29) is 5.92 Å². The number of fused-ring (bicyclic) bond motifs is 5. The van der Waals surface area contributed by atoms with Gasteiger partial charge in [0, 0.05) is 35.9 Å². The highest BCUT2D eigenvalue weighted by Crippen LogP contribution is 2.48. The molecule has 3 aromatic carbocycles. The smallest absolute Gasteiger partial charge is 0.339 e. The molecule has 0 spiro atoms. The summed E-state index contributed by atoms with van der Waals surface area (Å²) in [6, 6.07) is 20.3. The highest BCUT2D eigenvalue weighted by molar-refractivity contribution is 6.04. The summed E-state index contributed by atoms with van der Waals surface area (Å²) in [5.74, 6) is 0.657. The normalized spacial score (nSPS) is 25.6. The molecule has 4 aromatic rings. The van der Waals surface area contributed by atoms with Crippen LogP contribution in [0.1, 0.15) is 34.9 Å². The molecule has 1 unspecified atom stereocenters. The summed E-state index contributed by atoms with van der Waals surface area (Å²) >= 11 is 0. The Labute approximate surface area is 215 Å². The Hall–Kier alpha value is -3.77. The van der Waals surface area contributed by atoms with Gasteiger partial charge in [0.25, 0.3) is 0 Å². The molecule has 5 atom stereocenters. The summed E-state index contributed by atoms with van der Waals surface area (Å²) in [6.07, 6.45) is 4.22. The molecule has 0 radical (unpaired) electrons. The number of halogens is 1. The molecule has 1 aromatic heterocycles. The van der Waals surface area contributed by atoms with E-state index >= 15 is 4.48 Å². The van der Waals surface area contributed by atoms with Crippen molar-refractivity contribution < 1.29 is 23.5 Å². The van der Waals surface area contributed by atoms with E-state index in [0.717, 1.165) is 33.7 Å². The maximum Gasteiger partial charge on any atom is 0.339 e. The lowest BCUT2D eigenvalue weighted by atomic mass is 9.73. The van der Waals surface area contributed by atoms with Crippen LogP contribution in [0.4, 0.5) is 4.48 Å². The Balaban J connectivity index is 1.47. The van der Waals surface area contributed by atoms with Crippen LogP contribution in [0, 0.1) is 11.8 Å². The fourth-order valence-corrected chi connectivity index (χ4v) is 6.36. The third kappa shape index (κ3) is 4.05. The molecule has 2 bridgehead atoms. The number of pyridine rings is 1. The van der Waals surface area contributed by atoms with E-state index in [1.165, 1.54) is 0 Å². The summed E-state index contributed by atoms with van der Waals surface area (Å²) in [4.78, 5) is 18.3. The van der Waals surface area contributed by atoms with Crippen molar-refractivity contribution in [3.63, 3.8) is 0 Å². The second-order valence-corrected chi connectivity index (χ2v) is 10.2. The van der Waals surface area contributed by atoms with E-state index in [0.29, 0.717) is 36.7 Å². The average Bonchev–Trinajstić information content (AvgIpc) is 2.94. The second-order valence-electron chi connectivity index (χ2n) is 10.2. The van der Waals surface area contributed by atoms with Crippen LogP contribution >= 0.6 is 0 Å². The number of ether oxygens (including phenoxy) is 2. The van der Waals surface area contributed by atoms with Crippen molar-refractivity contribution in [2.75, 3.05) is 20.2 Å². The number of nitrogens with zero attached hydrogens (tertiary/aromatic N) is 2. The van der Waals surface area contributed by atoms with Crippen LogP contribution in [0.2, 0.25) is 0 Å². The van der Waals surface area contributed by atoms with Crippen molar-refractivity contribution in [1.82, 2.24) is 4.98 Å². The number of rotatable bonds is 6. The lowest BCUT2D eigenvalue weighted by Gasteiger charge is -2.50. The van der Waals surface area contributed by atoms with Crippen molar-refractivity contribution >= 4 is 27.6 Å². The van der Waals surface area contributed by atoms with Gasteiger partial charge >= 0.3 is 5.97 Å². The van der Waals surface area contributed by atoms with Crippen molar-refractivity contribution in [2.45, 2.75) is 25.0 Å². The molecule has 0 N–H and O–H groups in total. The number of carbonyl (C=O) groups excluding carboxylic acids is 1. The quantitative estimate of drug-likeness (QED) is 0.171. The minimum atomic E-state index is -0.789. The molecule has 3 aliphatic rings. The molecule has 4 heterocycles. The fraction of sp³-hybridized carbons (Fsp3) is 0.290. The molecule has 7 rings (SSSR count). The Morgan fingerprint density at radius 1 is 1.14 bits per heavy atom. The maximum atomic E-state index is 16.7. The zero-order valence-electron chi connectivity index (χ0n) is 20.8. The summed E-state index contributed by atoms with van der Waals surface area (Å²) in [5, 5.41) is 2.57. The summed E-state index contributed by atoms with van der Waals surface area (Å²) in [5.41, 5.74) is 1.97. The number of quaternary nitrogens is 1. The number of methoxy groups -OCH3 is 1. The van der Waals surface area contributed by atoms with Gasteiger partial charge in [-0.2, -0.15) is 0 Å². The highest BCUT2D eigenvalue weighted by atomic mass is 19.2. The fourth-order valence-electron chi connectivity index (χ4n) is 6.36. The van der Waals surface area contributed by atoms with Gasteiger partial charge in [-0.1, -0.05) is 42.5 Å². The average molecular weight is 498 g/mol. The van der Waals surface area contributed by atoms with Crippen molar-refractivity contribution in [3.05, 3.63) is 96.7 Å². The summed E-state index contributed by atoms with van der Waals surface area (Å²) in [7, 11) is 1.61. The van der Waals surface area contributed by atoms with E-state index in [4.69, 9.17) is 9.47 Å². The second kappa shape index (κ2) is 9.27. The van der Waals surface area contributed by atoms with E-state index in [2.05, 4.69) is 11.6 Å². The standard InChI is InChI=1S/C31H30FN2O3/c1-3-20-19-34(32)16-14-22(20)17-29(34)30(25-13-15-33-28-12-11-23(36-2)18-27(25)28)37-31(35)26-10-6-8-21-7-4-5-9-24(21)26/h3-13,15,18,20,22,29-30H,1,14,16-17,19H2,2H3/q+1/t20-,22-,29-,30+,34?/m0/s1. The number of esters is 1. The molecule has 6 heteroatoms. The van der Waals surface area contributed by atoms with Gasteiger partial charge in [-0.3, -0.25) is 4.98 Å². The third-order valence-electron chi connectivity index (χ3n) is 8.31. The first-order valence-electron chi connectivity index (χ1n) is 12.8. The lowest BCUT2D eigenvalue weighted by molar-refractivity contribution is -1.09. The van der Waals surface area contributed by atoms with Crippen LogP contribution in [0.3, 0.4) is 0 Å². The van der Waals surface area contributed by atoms with Crippen molar-refractivity contribution in [3.8, 4) is 5.75 Å². The highest BCUT2D eigenvalue weighted by Gasteiger charge is 2.57. The molecule has 3 saturated heterocycles. The van der Waals surface area contributed by atoms with E-state index in [1.807, 2.05) is 66.7 Å². The Morgan fingerprint density at radius 3 is 2.78 bits per heavy atom. The molecule has 3 aliphatic heterocycles. The first kappa shape index (κ1) is 23.6. The van der Waals surface area contributed by atoms with Crippen LogP contribution in [0.15, 0.2) is 85.6 Å². The lowest BCUT2D eigenvalue weighted by Crippen LogP contribution is -2.64. The molecule has 37 heavy (non-hydrogen) atoms. The molecule has 0 amide bonds. The third-order valence-corrected chi connectivity index (χ3v) is 8.31. The van der Waals surface area contributed by atoms with Crippen molar-refractivity contribution in [1.29, 1.82) is 0 Å². The largest absolute Gasteiger partial charge is 0.497 e. The van der Waals surface area contributed by atoms with E-state index in [9.17, 15) is 4.79 Å². The van der Waals surface area contributed by atoms with Crippen molar-refractivity contribution in [2.24, 2.45) is 11.8 Å². The Bertz CT molecular complexity index is 1500. The van der Waals surface area contributed by atoms with Gasteiger partial charge in [-0.25, -0.2) is 4.79 Å². The molecule has 0 aliphatic carbocycles. The van der Waals surface area contributed by atoms with Gasteiger partial charge in [0.1, 0.15) is 18.8 Å². The van der Waals surface area contributed by atoms with Gasteiger partial charge in [0.2, 0.25) is 0 Å². The number of aromatic nitrogens is 1. The summed E-state index contributed by atoms with van der Waals surface area (Å²) in [6.45, 7) is 4.72. The Kier molecular flexibility index (Phi) is 5.92. The van der Waals surface area contributed by atoms with Crippen LogP contribution in [-0.2, 0) is 4.74 Å². The van der Waals surface area contributed by atoms with Crippen LogP contribution < -0.4 is 4.74 Å². The minimum absolute atomic E-state index is 0.124. The van der Waals surface area contributed by atoms with Crippen LogP contribution in [0.5, 0.6) is 5.75 Å². The van der Waals surface area contributed by atoms with Gasteiger partial charge in [0.05, 0.1) is 18.2 Å². The molecular formula is C31H30FN2O3+.